The zero-order valence-corrected chi connectivity index (χ0v) is 12.2. The van der Waals surface area contributed by atoms with Gasteiger partial charge in [-0.3, -0.25) is 4.79 Å². The first-order valence-electron chi connectivity index (χ1n) is 7.07. The lowest BCUT2D eigenvalue weighted by atomic mass is 10.1. The van der Waals surface area contributed by atoms with E-state index in [1.165, 1.54) is 12.8 Å². The first kappa shape index (κ1) is 15.1. The molecule has 1 fully saturated rings. The molecule has 2 heterocycles. The largest absolute Gasteiger partial charge is 0.491 e. The van der Waals surface area contributed by atoms with Crippen molar-refractivity contribution in [1.29, 1.82) is 0 Å². The number of amides is 1. The van der Waals surface area contributed by atoms with Crippen molar-refractivity contribution in [3.63, 3.8) is 0 Å². The highest BCUT2D eigenvalue weighted by Gasteiger charge is 2.25. The number of rotatable bonds is 4. The number of halogens is 1. The van der Waals surface area contributed by atoms with Crippen molar-refractivity contribution in [2.75, 3.05) is 13.2 Å². The van der Waals surface area contributed by atoms with E-state index < -0.39 is 0 Å². The molecule has 0 spiro atoms. The SMILES string of the molecule is Cl.O=C(CCC1CCCN1)NC1COc2ccccc21. The van der Waals surface area contributed by atoms with Gasteiger partial charge in [0.2, 0.25) is 5.91 Å². The second-order valence-electron chi connectivity index (χ2n) is 5.30. The fourth-order valence-electron chi connectivity index (χ4n) is 2.86. The van der Waals surface area contributed by atoms with Crippen LogP contribution < -0.4 is 15.4 Å². The Hall–Kier alpha value is -1.26. The number of carbonyl (C=O) groups is 1. The monoisotopic (exact) mass is 296 g/mol. The molecule has 1 aromatic rings. The number of benzene rings is 1. The normalized spacial score (nSPS) is 23.6. The van der Waals surface area contributed by atoms with Gasteiger partial charge in [-0.2, -0.15) is 0 Å². The van der Waals surface area contributed by atoms with Crippen LogP contribution in [0.1, 0.15) is 37.3 Å². The van der Waals surface area contributed by atoms with Crippen molar-refractivity contribution < 1.29 is 9.53 Å². The minimum absolute atomic E-state index is 0. The molecule has 0 aromatic heterocycles. The number of ether oxygens (including phenoxy) is 1. The molecule has 0 radical (unpaired) electrons. The Labute approximate surface area is 125 Å². The van der Waals surface area contributed by atoms with E-state index in [1.54, 1.807) is 0 Å². The summed E-state index contributed by atoms with van der Waals surface area (Å²) in [6.45, 7) is 1.64. The second-order valence-corrected chi connectivity index (χ2v) is 5.30. The maximum atomic E-state index is 12.0. The highest BCUT2D eigenvalue weighted by atomic mass is 35.5. The van der Waals surface area contributed by atoms with Crippen LogP contribution in [0.15, 0.2) is 24.3 Å². The fourth-order valence-corrected chi connectivity index (χ4v) is 2.86. The standard InChI is InChI=1S/C15H20N2O2.ClH/c18-15(8-7-11-4-3-9-16-11)17-13-10-19-14-6-2-1-5-12(13)14;/h1-2,5-6,11,13,16H,3-4,7-10H2,(H,17,18);1H. The summed E-state index contributed by atoms with van der Waals surface area (Å²) in [7, 11) is 0. The lowest BCUT2D eigenvalue weighted by Crippen LogP contribution is -2.31. The average Bonchev–Trinajstić information content (AvgIpc) is 3.07. The first-order chi connectivity index (χ1) is 9.33. The van der Waals surface area contributed by atoms with Gasteiger partial charge >= 0.3 is 0 Å². The van der Waals surface area contributed by atoms with Crippen molar-refractivity contribution in [2.45, 2.75) is 37.8 Å². The van der Waals surface area contributed by atoms with Crippen LogP contribution in [0.3, 0.4) is 0 Å². The molecule has 1 aromatic carbocycles. The molecule has 20 heavy (non-hydrogen) atoms. The second kappa shape index (κ2) is 6.95. The molecule has 5 heteroatoms. The van der Waals surface area contributed by atoms with E-state index in [0.717, 1.165) is 24.3 Å². The van der Waals surface area contributed by atoms with E-state index in [-0.39, 0.29) is 24.4 Å². The van der Waals surface area contributed by atoms with Gasteiger partial charge < -0.3 is 15.4 Å². The van der Waals surface area contributed by atoms with Crippen LogP contribution in [-0.4, -0.2) is 25.1 Å². The minimum atomic E-state index is 0. The Bertz CT molecular complexity index is 461. The molecule has 2 aliphatic heterocycles. The summed E-state index contributed by atoms with van der Waals surface area (Å²) in [6, 6.07) is 8.44. The smallest absolute Gasteiger partial charge is 0.220 e. The lowest BCUT2D eigenvalue weighted by molar-refractivity contribution is -0.122. The maximum absolute atomic E-state index is 12.0. The Kier molecular flexibility index (Phi) is 5.26. The molecule has 2 N–H and O–H groups in total. The molecule has 0 bridgehead atoms. The number of para-hydroxylation sites is 1. The van der Waals surface area contributed by atoms with E-state index in [9.17, 15) is 4.79 Å². The highest BCUT2D eigenvalue weighted by Crippen LogP contribution is 2.31. The van der Waals surface area contributed by atoms with Crippen LogP contribution in [0.5, 0.6) is 5.75 Å². The summed E-state index contributed by atoms with van der Waals surface area (Å²) < 4.78 is 5.56. The number of nitrogens with one attached hydrogen (secondary N) is 2. The zero-order valence-electron chi connectivity index (χ0n) is 11.4. The Morgan fingerprint density at radius 1 is 1.40 bits per heavy atom. The lowest BCUT2D eigenvalue weighted by Gasteiger charge is -2.13. The molecule has 0 saturated carbocycles. The molecule has 3 rings (SSSR count). The predicted molar refractivity (Wildman–Crippen MR) is 80.3 cm³/mol. The number of fused-ring (bicyclic) bond motifs is 1. The topological polar surface area (TPSA) is 50.4 Å². The molecular formula is C15H21ClN2O2. The van der Waals surface area contributed by atoms with Crippen LogP contribution in [-0.2, 0) is 4.79 Å². The predicted octanol–water partition coefficient (Wildman–Crippen LogP) is 2.19. The van der Waals surface area contributed by atoms with Crippen molar-refractivity contribution >= 4 is 18.3 Å². The van der Waals surface area contributed by atoms with Crippen molar-refractivity contribution in [1.82, 2.24) is 10.6 Å². The summed E-state index contributed by atoms with van der Waals surface area (Å²) in [5.74, 6) is 1.02. The zero-order chi connectivity index (χ0) is 13.1. The summed E-state index contributed by atoms with van der Waals surface area (Å²) in [5.41, 5.74) is 1.09. The van der Waals surface area contributed by atoms with Gasteiger partial charge in [-0.1, -0.05) is 18.2 Å². The van der Waals surface area contributed by atoms with Gasteiger partial charge in [0.1, 0.15) is 12.4 Å². The molecule has 110 valence electrons. The van der Waals surface area contributed by atoms with Crippen molar-refractivity contribution in [3.8, 4) is 5.75 Å². The highest BCUT2D eigenvalue weighted by molar-refractivity contribution is 5.85. The summed E-state index contributed by atoms with van der Waals surface area (Å²) in [5, 5.41) is 6.48. The van der Waals surface area contributed by atoms with E-state index >= 15 is 0 Å². The van der Waals surface area contributed by atoms with E-state index in [1.807, 2.05) is 24.3 Å². The first-order valence-corrected chi connectivity index (χ1v) is 7.07. The van der Waals surface area contributed by atoms with Gasteiger partial charge in [0.05, 0.1) is 6.04 Å². The van der Waals surface area contributed by atoms with Gasteiger partial charge in [-0.15, -0.1) is 12.4 Å². The van der Waals surface area contributed by atoms with Gasteiger partial charge in [0.15, 0.2) is 0 Å². The minimum Gasteiger partial charge on any atom is -0.491 e. The molecule has 1 saturated heterocycles. The van der Waals surface area contributed by atoms with E-state index in [4.69, 9.17) is 4.74 Å². The summed E-state index contributed by atoms with van der Waals surface area (Å²) >= 11 is 0. The molecule has 4 nitrogen and oxygen atoms in total. The number of carbonyl (C=O) groups excluding carboxylic acids is 1. The molecule has 2 aliphatic rings. The van der Waals surface area contributed by atoms with Crippen LogP contribution in [0.4, 0.5) is 0 Å². The van der Waals surface area contributed by atoms with Crippen LogP contribution in [0.25, 0.3) is 0 Å². The number of hydrogen-bond donors (Lipinski definition) is 2. The Morgan fingerprint density at radius 2 is 2.25 bits per heavy atom. The van der Waals surface area contributed by atoms with Gasteiger partial charge in [-0.25, -0.2) is 0 Å². The summed E-state index contributed by atoms with van der Waals surface area (Å²) in [4.78, 5) is 12.0. The van der Waals surface area contributed by atoms with Crippen LogP contribution >= 0.6 is 12.4 Å². The third-order valence-electron chi connectivity index (χ3n) is 3.92. The third-order valence-corrected chi connectivity index (χ3v) is 3.92. The Morgan fingerprint density at radius 3 is 3.05 bits per heavy atom. The van der Waals surface area contributed by atoms with Gasteiger partial charge in [0, 0.05) is 18.0 Å². The quantitative estimate of drug-likeness (QED) is 0.895. The van der Waals surface area contributed by atoms with E-state index in [0.29, 0.717) is 19.1 Å². The fraction of sp³-hybridized carbons (Fsp3) is 0.533. The molecule has 0 aliphatic carbocycles. The van der Waals surface area contributed by atoms with E-state index in [2.05, 4.69) is 10.6 Å². The van der Waals surface area contributed by atoms with Crippen LogP contribution in [0, 0.1) is 0 Å². The van der Waals surface area contributed by atoms with Crippen LogP contribution in [0.2, 0.25) is 0 Å². The molecule has 2 unspecified atom stereocenters. The Balaban J connectivity index is 0.00000147. The number of hydrogen-bond acceptors (Lipinski definition) is 3. The van der Waals surface area contributed by atoms with Gasteiger partial charge in [0.25, 0.3) is 0 Å². The average molecular weight is 297 g/mol. The third kappa shape index (κ3) is 3.44. The van der Waals surface area contributed by atoms with Crippen molar-refractivity contribution in [2.24, 2.45) is 0 Å². The maximum Gasteiger partial charge on any atom is 0.220 e. The van der Waals surface area contributed by atoms with Gasteiger partial charge in [-0.05, 0) is 31.9 Å². The molecule has 1 amide bonds. The van der Waals surface area contributed by atoms with Crippen molar-refractivity contribution in [3.05, 3.63) is 29.8 Å². The molecular weight excluding hydrogens is 276 g/mol. The summed E-state index contributed by atoms with van der Waals surface area (Å²) in [6.07, 6.45) is 3.95. The molecule has 2 atom stereocenters.